The van der Waals surface area contributed by atoms with Crippen LogP contribution < -0.4 is 0 Å². The van der Waals surface area contributed by atoms with Crippen LogP contribution in [0.4, 0.5) is 0 Å². The van der Waals surface area contributed by atoms with Gasteiger partial charge in [0.1, 0.15) is 0 Å². The minimum absolute atomic E-state index is 0. The van der Waals surface area contributed by atoms with Crippen molar-refractivity contribution in [2.75, 3.05) is 0 Å². The predicted molar refractivity (Wildman–Crippen MR) is 123 cm³/mol. The van der Waals surface area contributed by atoms with Crippen molar-refractivity contribution >= 4 is 24.8 Å². The third-order valence-corrected chi connectivity index (χ3v) is 11.2. The van der Waals surface area contributed by atoms with Crippen molar-refractivity contribution in [3.8, 4) is 0 Å². The van der Waals surface area contributed by atoms with Gasteiger partial charge in [-0.05, 0) is 0 Å². The van der Waals surface area contributed by atoms with Gasteiger partial charge >= 0.3 is 169 Å². The van der Waals surface area contributed by atoms with E-state index in [0.717, 1.165) is 0 Å². The molecule has 0 aromatic carbocycles. The van der Waals surface area contributed by atoms with Gasteiger partial charge in [-0.1, -0.05) is 0 Å². The van der Waals surface area contributed by atoms with E-state index in [1.807, 2.05) is 6.56 Å². The maximum atomic E-state index is 2.50. The number of hydrogen-bond donors (Lipinski definition) is 0. The van der Waals surface area contributed by atoms with E-state index in [-0.39, 0.29) is 24.8 Å². The van der Waals surface area contributed by atoms with Gasteiger partial charge in [0.25, 0.3) is 0 Å². The molecule has 0 heterocycles. The molecule has 0 unspecified atom stereocenters. The first-order valence-corrected chi connectivity index (χ1v) is 13.1. The van der Waals surface area contributed by atoms with Crippen LogP contribution in [0.3, 0.4) is 0 Å². The number of rotatable bonds is 10. The molecule has 2 aliphatic carbocycles. The molecule has 0 aromatic heterocycles. The molecule has 0 aromatic rings. The molecule has 0 bridgehead atoms. The van der Waals surface area contributed by atoms with Gasteiger partial charge in [-0.15, -0.1) is 24.8 Å². The number of hydrogen-bond acceptors (Lipinski definition) is 0. The smallest absolute Gasteiger partial charge is 0.147 e. The first-order valence-electron chi connectivity index (χ1n) is 10.6. The maximum Gasteiger partial charge on any atom is -0.147 e. The van der Waals surface area contributed by atoms with Crippen LogP contribution in [-0.2, 0) is 23.2 Å². The third kappa shape index (κ3) is 5.32. The van der Waals surface area contributed by atoms with E-state index in [1.165, 1.54) is 51.4 Å². The zero-order valence-electron chi connectivity index (χ0n) is 18.3. The molecule has 0 saturated carbocycles. The molecule has 0 saturated heterocycles. The quantitative estimate of drug-likeness (QED) is 0.287. The second-order valence-electron chi connectivity index (χ2n) is 7.80. The van der Waals surface area contributed by atoms with Crippen molar-refractivity contribution in [1.29, 1.82) is 0 Å². The number of halogens is 2. The zero-order valence-corrected chi connectivity index (χ0v) is 22.4. The Hall–Kier alpha value is 0.423. The van der Waals surface area contributed by atoms with E-state index < -0.39 is 23.2 Å². The molecule has 0 spiro atoms. The maximum absolute atomic E-state index is 2.50. The summed E-state index contributed by atoms with van der Waals surface area (Å²) in [5.74, 6) is 0. The van der Waals surface area contributed by atoms with E-state index in [9.17, 15) is 0 Å². The molecule has 0 amide bonds. The molecule has 0 aliphatic heterocycles. The Balaban J connectivity index is 0.00000338. The van der Waals surface area contributed by atoms with Gasteiger partial charge in [0.15, 0.2) is 0 Å². The van der Waals surface area contributed by atoms with Crippen LogP contribution in [0.25, 0.3) is 0 Å². The average molecular weight is 491 g/mol. The molecule has 0 nitrogen and oxygen atoms in total. The van der Waals surface area contributed by atoms with Crippen LogP contribution in [-0.4, -0.2) is 0 Å². The molecule has 3 heteroatoms. The van der Waals surface area contributed by atoms with E-state index in [0.29, 0.717) is 10.8 Å². The second kappa shape index (κ2) is 12.2. The molecular weight excluding hydrogens is 450 g/mol. The summed E-state index contributed by atoms with van der Waals surface area (Å²) in [4.78, 5) is 0. The Morgan fingerprint density at radius 3 is 1.19 bits per heavy atom. The molecule has 0 fully saturated rings. The van der Waals surface area contributed by atoms with Crippen LogP contribution in [0.5, 0.6) is 0 Å². The largest absolute Gasteiger partial charge is 0.147 e. The summed E-state index contributed by atoms with van der Waals surface area (Å²) in [5, 5.41) is 0. The number of allylic oxidation sites excluding steroid dienone is 8. The fourth-order valence-corrected chi connectivity index (χ4v) is 9.42. The van der Waals surface area contributed by atoms with E-state index in [2.05, 4.69) is 65.8 Å². The van der Waals surface area contributed by atoms with Crippen LogP contribution in [0.1, 0.15) is 92.9 Å². The Morgan fingerprint density at radius 1 is 0.630 bits per heavy atom. The Labute approximate surface area is 192 Å². The van der Waals surface area contributed by atoms with E-state index >= 15 is 0 Å². The Kier molecular flexibility index (Phi) is 12.4. The molecule has 0 atom stereocenters. The van der Waals surface area contributed by atoms with Crippen molar-refractivity contribution in [2.24, 2.45) is 10.8 Å². The fourth-order valence-electron chi connectivity index (χ4n) is 5.07. The summed E-state index contributed by atoms with van der Waals surface area (Å²) in [7, 11) is 0. The topological polar surface area (TPSA) is 0 Å². The monoisotopic (exact) mass is 488 g/mol. The van der Waals surface area contributed by atoms with Crippen LogP contribution >= 0.6 is 24.8 Å². The summed E-state index contributed by atoms with van der Waals surface area (Å²) < 4.78 is 3.75. The molecule has 2 rings (SSSR count). The minimum atomic E-state index is -0.651. The SMILES string of the molecule is CCC(CC)(CC)C1=[C]([Zr][C]2=C(C(CC)(CC)CC)C=CC2)CC=C1.Cl.Cl. The Morgan fingerprint density at radius 2 is 0.926 bits per heavy atom. The van der Waals surface area contributed by atoms with E-state index in [1.54, 1.807) is 11.1 Å². The molecule has 0 N–H and O–H groups in total. The van der Waals surface area contributed by atoms with Gasteiger partial charge in [-0.2, -0.15) is 0 Å². The summed E-state index contributed by atoms with van der Waals surface area (Å²) in [6.07, 6.45) is 20.1. The van der Waals surface area contributed by atoms with Crippen molar-refractivity contribution in [3.05, 3.63) is 42.0 Å². The van der Waals surface area contributed by atoms with Crippen molar-refractivity contribution < 1.29 is 23.2 Å². The van der Waals surface area contributed by atoms with Crippen molar-refractivity contribution in [1.82, 2.24) is 0 Å². The third-order valence-electron chi connectivity index (χ3n) is 7.37. The van der Waals surface area contributed by atoms with E-state index in [4.69, 9.17) is 0 Å². The predicted octanol–water partition coefficient (Wildman–Crippen LogP) is 8.77. The van der Waals surface area contributed by atoms with Gasteiger partial charge in [0.2, 0.25) is 0 Å². The van der Waals surface area contributed by atoms with Crippen LogP contribution in [0.2, 0.25) is 0 Å². The first kappa shape index (κ1) is 27.4. The van der Waals surface area contributed by atoms with Gasteiger partial charge in [-0.25, -0.2) is 0 Å². The first-order chi connectivity index (χ1) is 12.1. The molecular formula is C24H40Cl2Zr. The second-order valence-corrected chi connectivity index (χ2v) is 11.4. The molecule has 0 radical (unpaired) electrons. The van der Waals surface area contributed by atoms with Gasteiger partial charge < -0.3 is 0 Å². The zero-order chi connectivity index (χ0) is 18.5. The van der Waals surface area contributed by atoms with Gasteiger partial charge in [-0.3, -0.25) is 0 Å². The fraction of sp³-hybridized carbons (Fsp3) is 0.667. The molecule has 2 aliphatic rings. The standard InChI is InChI=1S/2C12H19.2ClH.Zr/c2*1-4-12(5-2,6-3)11-9-7-8-10-11;;;/h2*7,9H,4-6,8H2,1-3H3;2*1H;. The average Bonchev–Trinajstić information content (AvgIpc) is 3.31. The van der Waals surface area contributed by atoms with Gasteiger partial charge in [0, 0.05) is 0 Å². The summed E-state index contributed by atoms with van der Waals surface area (Å²) in [6.45, 7) is 14.4. The summed E-state index contributed by atoms with van der Waals surface area (Å²) >= 11 is -0.651. The van der Waals surface area contributed by atoms with Crippen LogP contribution in [0, 0.1) is 10.8 Å². The van der Waals surface area contributed by atoms with Crippen LogP contribution in [0.15, 0.2) is 42.0 Å². The molecule has 27 heavy (non-hydrogen) atoms. The summed E-state index contributed by atoms with van der Waals surface area (Å²) in [6, 6.07) is 0. The Bertz CT molecular complexity index is 519. The normalized spacial score (nSPS) is 16.7. The van der Waals surface area contributed by atoms with Gasteiger partial charge in [0.05, 0.1) is 0 Å². The summed E-state index contributed by atoms with van der Waals surface area (Å²) in [5.41, 5.74) is 4.38. The minimum Gasteiger partial charge on any atom is -0.147 e. The molecule has 154 valence electrons. The van der Waals surface area contributed by atoms with Crippen molar-refractivity contribution in [2.45, 2.75) is 92.9 Å². The van der Waals surface area contributed by atoms with Crippen molar-refractivity contribution in [3.63, 3.8) is 0 Å².